The topological polar surface area (TPSA) is 65.7 Å². The molecular formula is C9H20N2O3. The molecule has 5 nitrogen and oxygen atoms in total. The van der Waals surface area contributed by atoms with Crippen molar-refractivity contribution in [3.05, 3.63) is 0 Å². The maximum atomic E-state index is 5.77. The van der Waals surface area contributed by atoms with Gasteiger partial charge in [0, 0.05) is 26.2 Å². The van der Waals surface area contributed by atoms with Crippen molar-refractivity contribution >= 4 is 0 Å². The van der Waals surface area contributed by atoms with Gasteiger partial charge in [-0.05, 0) is 6.42 Å². The van der Waals surface area contributed by atoms with Crippen LogP contribution in [0.25, 0.3) is 0 Å². The zero-order chi connectivity index (χ0) is 10.2. The van der Waals surface area contributed by atoms with E-state index in [1.54, 1.807) is 7.11 Å². The molecule has 0 saturated carbocycles. The van der Waals surface area contributed by atoms with E-state index >= 15 is 0 Å². The molecule has 3 N–H and O–H groups in total. The summed E-state index contributed by atoms with van der Waals surface area (Å²) >= 11 is 0. The van der Waals surface area contributed by atoms with Crippen molar-refractivity contribution in [2.75, 3.05) is 40.2 Å². The zero-order valence-corrected chi connectivity index (χ0v) is 8.70. The summed E-state index contributed by atoms with van der Waals surface area (Å²) in [6.07, 6.45) is 1.09. The summed E-state index contributed by atoms with van der Waals surface area (Å²) in [7, 11) is 1.65. The number of ether oxygens (including phenoxy) is 3. The van der Waals surface area contributed by atoms with Gasteiger partial charge in [0.1, 0.15) is 6.79 Å². The molecule has 0 aromatic carbocycles. The van der Waals surface area contributed by atoms with Gasteiger partial charge in [-0.15, -0.1) is 0 Å². The molecule has 0 radical (unpaired) electrons. The fraction of sp³-hybridized carbons (Fsp3) is 1.00. The van der Waals surface area contributed by atoms with Gasteiger partial charge in [-0.2, -0.15) is 0 Å². The lowest BCUT2D eigenvalue weighted by molar-refractivity contribution is -0.103. The number of nitrogens with two attached hydrogens (primary N) is 1. The van der Waals surface area contributed by atoms with Crippen molar-refractivity contribution in [2.24, 2.45) is 5.73 Å². The Hall–Kier alpha value is -0.200. The number of methoxy groups -OCH3 is 1. The first-order chi connectivity index (χ1) is 6.83. The van der Waals surface area contributed by atoms with Gasteiger partial charge in [0.25, 0.3) is 0 Å². The molecule has 1 fully saturated rings. The summed E-state index contributed by atoms with van der Waals surface area (Å²) in [5.41, 5.74) is 5.77. The quantitative estimate of drug-likeness (QED) is 0.443. The van der Waals surface area contributed by atoms with Crippen molar-refractivity contribution in [3.8, 4) is 0 Å². The molecule has 1 heterocycles. The molecule has 0 aliphatic carbocycles. The van der Waals surface area contributed by atoms with Crippen LogP contribution in [0.2, 0.25) is 0 Å². The Bertz CT molecular complexity index is 146. The summed E-state index contributed by atoms with van der Waals surface area (Å²) in [6.45, 7) is 3.24. The minimum absolute atomic E-state index is 0.182. The second kappa shape index (κ2) is 7.14. The molecule has 1 saturated heterocycles. The summed E-state index contributed by atoms with van der Waals surface area (Å²) in [5.74, 6) is 0. The normalized spacial score (nSPS) is 27.9. The number of rotatable bonds is 6. The lowest BCUT2D eigenvalue weighted by Gasteiger charge is -2.27. The summed E-state index contributed by atoms with van der Waals surface area (Å²) in [4.78, 5) is 0. The van der Waals surface area contributed by atoms with E-state index in [0.29, 0.717) is 20.0 Å². The smallest absolute Gasteiger partial charge is 0.147 e. The minimum atomic E-state index is 0.182. The third kappa shape index (κ3) is 4.88. The number of nitrogens with one attached hydrogen (secondary N) is 1. The summed E-state index contributed by atoms with van der Waals surface area (Å²) in [6, 6.07) is 0.202. The molecule has 14 heavy (non-hydrogen) atoms. The molecule has 2 unspecified atom stereocenters. The minimum Gasteiger partial charge on any atom is -0.382 e. The van der Waals surface area contributed by atoms with E-state index in [2.05, 4.69) is 5.32 Å². The van der Waals surface area contributed by atoms with Crippen molar-refractivity contribution in [3.63, 3.8) is 0 Å². The Morgan fingerprint density at radius 1 is 1.36 bits per heavy atom. The highest BCUT2D eigenvalue weighted by Gasteiger charge is 2.18. The Kier molecular flexibility index (Phi) is 6.05. The van der Waals surface area contributed by atoms with Crippen molar-refractivity contribution < 1.29 is 14.2 Å². The fourth-order valence-electron chi connectivity index (χ4n) is 1.41. The lowest BCUT2D eigenvalue weighted by atomic mass is 10.1. The van der Waals surface area contributed by atoms with Crippen LogP contribution in [-0.2, 0) is 14.2 Å². The van der Waals surface area contributed by atoms with E-state index in [-0.39, 0.29) is 12.1 Å². The number of hydrogen-bond donors (Lipinski definition) is 2. The monoisotopic (exact) mass is 204 g/mol. The highest BCUT2D eigenvalue weighted by Crippen LogP contribution is 2.04. The highest BCUT2D eigenvalue weighted by atomic mass is 16.7. The Morgan fingerprint density at radius 2 is 2.21 bits per heavy atom. The molecule has 1 rings (SSSR count). The third-order valence-electron chi connectivity index (χ3n) is 2.16. The van der Waals surface area contributed by atoms with Crippen LogP contribution < -0.4 is 11.1 Å². The van der Waals surface area contributed by atoms with Gasteiger partial charge in [0.2, 0.25) is 0 Å². The van der Waals surface area contributed by atoms with E-state index in [1.807, 2.05) is 0 Å². The van der Waals surface area contributed by atoms with Gasteiger partial charge in [-0.25, -0.2) is 0 Å². The Labute approximate surface area is 84.9 Å². The molecule has 0 bridgehead atoms. The predicted molar refractivity (Wildman–Crippen MR) is 53.0 cm³/mol. The van der Waals surface area contributed by atoms with Gasteiger partial charge in [0.15, 0.2) is 0 Å². The largest absolute Gasteiger partial charge is 0.382 e. The Balaban J connectivity index is 1.95. The van der Waals surface area contributed by atoms with E-state index in [9.17, 15) is 0 Å². The number of hydrogen-bond acceptors (Lipinski definition) is 5. The van der Waals surface area contributed by atoms with Crippen LogP contribution >= 0.6 is 0 Å². The maximum Gasteiger partial charge on any atom is 0.147 e. The van der Waals surface area contributed by atoms with Gasteiger partial charge < -0.3 is 25.3 Å². The number of piperidine rings is 1. The van der Waals surface area contributed by atoms with Crippen LogP contribution in [0.3, 0.4) is 0 Å². The van der Waals surface area contributed by atoms with Gasteiger partial charge in [0.05, 0.1) is 19.3 Å². The van der Waals surface area contributed by atoms with E-state index in [4.69, 9.17) is 19.9 Å². The van der Waals surface area contributed by atoms with Crippen molar-refractivity contribution in [2.45, 2.75) is 18.6 Å². The second-order valence-electron chi connectivity index (χ2n) is 3.46. The van der Waals surface area contributed by atoms with Crippen LogP contribution in [-0.4, -0.2) is 52.4 Å². The van der Waals surface area contributed by atoms with Crippen molar-refractivity contribution in [1.29, 1.82) is 0 Å². The first kappa shape index (κ1) is 11.9. The third-order valence-corrected chi connectivity index (χ3v) is 2.16. The van der Waals surface area contributed by atoms with Gasteiger partial charge in [-0.1, -0.05) is 0 Å². The molecule has 0 amide bonds. The van der Waals surface area contributed by atoms with Crippen molar-refractivity contribution in [1.82, 2.24) is 5.32 Å². The summed E-state index contributed by atoms with van der Waals surface area (Å²) in [5, 5.41) is 3.21. The molecule has 0 spiro atoms. The SMILES string of the molecule is COCCOCOC1CNCC(N)C1. The molecule has 1 aliphatic heterocycles. The fourth-order valence-corrected chi connectivity index (χ4v) is 1.41. The Morgan fingerprint density at radius 3 is 2.93 bits per heavy atom. The second-order valence-corrected chi connectivity index (χ2v) is 3.46. The molecule has 5 heteroatoms. The van der Waals surface area contributed by atoms with Crippen LogP contribution in [0.15, 0.2) is 0 Å². The zero-order valence-electron chi connectivity index (χ0n) is 8.70. The molecule has 1 aliphatic rings. The van der Waals surface area contributed by atoms with Crippen LogP contribution in [0.1, 0.15) is 6.42 Å². The molecule has 2 atom stereocenters. The highest BCUT2D eigenvalue weighted by molar-refractivity contribution is 4.78. The van der Waals surface area contributed by atoms with Gasteiger partial charge >= 0.3 is 0 Å². The van der Waals surface area contributed by atoms with Crippen LogP contribution in [0.4, 0.5) is 0 Å². The van der Waals surface area contributed by atoms with E-state index in [1.165, 1.54) is 0 Å². The first-order valence-electron chi connectivity index (χ1n) is 4.97. The molecule has 0 aromatic rings. The van der Waals surface area contributed by atoms with E-state index in [0.717, 1.165) is 19.5 Å². The standard InChI is InChI=1S/C9H20N2O3/c1-12-2-3-13-7-14-9-4-8(10)5-11-6-9/h8-9,11H,2-7,10H2,1H3. The maximum absolute atomic E-state index is 5.77. The molecule has 0 aromatic heterocycles. The van der Waals surface area contributed by atoms with Crippen LogP contribution in [0, 0.1) is 0 Å². The average molecular weight is 204 g/mol. The summed E-state index contributed by atoms with van der Waals surface area (Å²) < 4.78 is 15.5. The average Bonchev–Trinajstić information content (AvgIpc) is 2.18. The molecular weight excluding hydrogens is 184 g/mol. The lowest BCUT2D eigenvalue weighted by Crippen LogP contribution is -2.47. The molecule has 84 valence electrons. The predicted octanol–water partition coefficient (Wildman–Crippen LogP) is -0.687. The van der Waals surface area contributed by atoms with E-state index < -0.39 is 0 Å². The van der Waals surface area contributed by atoms with Crippen LogP contribution in [0.5, 0.6) is 0 Å². The van der Waals surface area contributed by atoms with Gasteiger partial charge in [-0.3, -0.25) is 0 Å². The first-order valence-corrected chi connectivity index (χ1v) is 4.97.